The van der Waals surface area contributed by atoms with Crippen molar-refractivity contribution in [3.05, 3.63) is 57.8 Å². The first-order valence-corrected chi connectivity index (χ1v) is 13.7. The van der Waals surface area contributed by atoms with E-state index in [0.29, 0.717) is 5.92 Å². The first-order chi connectivity index (χ1) is 17.9. The van der Waals surface area contributed by atoms with Gasteiger partial charge in [0, 0.05) is 49.9 Å². The summed E-state index contributed by atoms with van der Waals surface area (Å²) >= 11 is 0. The number of nitriles is 1. The predicted molar refractivity (Wildman–Crippen MR) is 144 cm³/mol. The molecule has 0 bridgehead atoms. The molecular formula is C29H37FN6O. The Balaban J connectivity index is 1.50. The van der Waals surface area contributed by atoms with E-state index in [-0.39, 0.29) is 36.0 Å². The highest BCUT2D eigenvalue weighted by atomic mass is 19.1. The summed E-state index contributed by atoms with van der Waals surface area (Å²) in [5.41, 5.74) is 4.13. The minimum Gasteiger partial charge on any atom is -0.364 e. The van der Waals surface area contributed by atoms with Crippen LogP contribution in [0.25, 0.3) is 11.0 Å². The summed E-state index contributed by atoms with van der Waals surface area (Å²) in [6, 6.07) is 10.1. The zero-order valence-corrected chi connectivity index (χ0v) is 22.3. The Morgan fingerprint density at radius 3 is 2.51 bits per heavy atom. The highest BCUT2D eigenvalue weighted by Crippen LogP contribution is 2.42. The molecule has 0 amide bonds. The van der Waals surface area contributed by atoms with Gasteiger partial charge >= 0.3 is 0 Å². The average Bonchev–Trinajstić information content (AvgIpc) is 3.67. The van der Waals surface area contributed by atoms with Gasteiger partial charge in [-0.1, -0.05) is 32.9 Å². The minimum atomic E-state index is -0.0893. The number of fused-ring (bicyclic) bond motifs is 1. The quantitative estimate of drug-likeness (QED) is 0.427. The van der Waals surface area contributed by atoms with Crippen molar-refractivity contribution < 1.29 is 4.39 Å². The minimum absolute atomic E-state index is 0.00732. The van der Waals surface area contributed by atoms with E-state index in [1.54, 1.807) is 34.6 Å². The van der Waals surface area contributed by atoms with E-state index in [0.717, 1.165) is 60.2 Å². The second-order valence-corrected chi connectivity index (χ2v) is 10.6. The Hall–Kier alpha value is -3.18. The number of halogens is 1. The van der Waals surface area contributed by atoms with Crippen molar-refractivity contribution in [2.45, 2.75) is 83.5 Å². The number of anilines is 1. The van der Waals surface area contributed by atoms with E-state index in [1.165, 1.54) is 12.8 Å². The van der Waals surface area contributed by atoms with Crippen molar-refractivity contribution >= 4 is 16.7 Å². The van der Waals surface area contributed by atoms with Crippen LogP contribution in [-0.2, 0) is 13.6 Å². The van der Waals surface area contributed by atoms with E-state index in [9.17, 15) is 10.1 Å². The van der Waals surface area contributed by atoms with Gasteiger partial charge in [0.2, 0.25) is 0 Å². The van der Waals surface area contributed by atoms with Crippen molar-refractivity contribution in [2.75, 3.05) is 18.0 Å². The van der Waals surface area contributed by atoms with Crippen LogP contribution in [0.15, 0.2) is 35.3 Å². The third-order valence-corrected chi connectivity index (χ3v) is 8.38. The van der Waals surface area contributed by atoms with Crippen molar-refractivity contribution in [1.29, 1.82) is 5.26 Å². The lowest BCUT2D eigenvalue weighted by Crippen LogP contribution is -2.59. The monoisotopic (exact) mass is 504 g/mol. The van der Waals surface area contributed by atoms with Gasteiger partial charge in [0.1, 0.15) is 17.9 Å². The molecule has 1 aliphatic carbocycles. The molecule has 1 saturated carbocycles. The zero-order chi connectivity index (χ0) is 26.3. The van der Waals surface area contributed by atoms with Crippen LogP contribution < -0.4 is 10.5 Å². The number of nitrogens with zero attached hydrogens (tertiary/aromatic N) is 6. The fourth-order valence-corrected chi connectivity index (χ4v) is 6.09. The molecule has 37 heavy (non-hydrogen) atoms. The lowest BCUT2D eigenvalue weighted by molar-refractivity contribution is 0.0880. The number of piperazine rings is 1. The lowest BCUT2D eigenvalue weighted by atomic mass is 9.93. The smallest absolute Gasteiger partial charge is 0.252 e. The summed E-state index contributed by atoms with van der Waals surface area (Å²) in [6.07, 6.45) is 6.75. The molecular weight excluding hydrogens is 467 g/mol. The van der Waals surface area contributed by atoms with Crippen molar-refractivity contribution in [3.8, 4) is 6.07 Å². The van der Waals surface area contributed by atoms with E-state index in [1.807, 2.05) is 6.07 Å². The van der Waals surface area contributed by atoms with Crippen LogP contribution in [-0.4, -0.2) is 44.4 Å². The molecule has 0 radical (unpaired) electrons. The van der Waals surface area contributed by atoms with Gasteiger partial charge in [0.05, 0.1) is 23.5 Å². The zero-order valence-electron chi connectivity index (χ0n) is 22.3. The van der Waals surface area contributed by atoms with Gasteiger partial charge in [-0.2, -0.15) is 10.4 Å². The third kappa shape index (κ3) is 4.66. The number of benzene rings is 1. The summed E-state index contributed by atoms with van der Waals surface area (Å²) in [4.78, 5) is 17.7. The molecule has 2 aliphatic rings. The molecule has 1 aromatic carbocycles. The molecule has 0 N–H and O–H groups in total. The maximum absolute atomic E-state index is 15.4. The van der Waals surface area contributed by atoms with Gasteiger partial charge in [-0.25, -0.2) is 4.39 Å². The number of pyridine rings is 1. The maximum atomic E-state index is 15.4. The molecule has 2 fully saturated rings. The summed E-state index contributed by atoms with van der Waals surface area (Å²) < 4.78 is 18.6. The Labute approximate surface area is 218 Å². The maximum Gasteiger partial charge on any atom is 0.252 e. The largest absolute Gasteiger partial charge is 0.364 e. The number of aryl methyl sites for hydroxylation is 1. The van der Waals surface area contributed by atoms with Gasteiger partial charge in [0.15, 0.2) is 0 Å². The van der Waals surface area contributed by atoms with Crippen molar-refractivity contribution in [2.24, 2.45) is 7.05 Å². The SMILES string of the molecule is CCC(c1ccc(C2CC2)cc1F)N1C[C@H](CC)N(c2cc(=O)n(C)c3cn(CC#N)nc23)C[C@H]1CC. The lowest BCUT2D eigenvalue weighted by Gasteiger charge is -2.50. The van der Waals surface area contributed by atoms with Crippen LogP contribution in [0.1, 0.15) is 76.0 Å². The Morgan fingerprint density at radius 1 is 1.14 bits per heavy atom. The van der Waals surface area contributed by atoms with Gasteiger partial charge in [-0.3, -0.25) is 14.4 Å². The highest BCUT2D eigenvalue weighted by molar-refractivity contribution is 5.88. The van der Waals surface area contributed by atoms with Crippen LogP contribution in [0.2, 0.25) is 0 Å². The second kappa shape index (κ2) is 10.3. The van der Waals surface area contributed by atoms with E-state index in [2.05, 4.69) is 47.8 Å². The first kappa shape index (κ1) is 25.5. The molecule has 3 heterocycles. The van der Waals surface area contributed by atoms with Crippen molar-refractivity contribution in [1.82, 2.24) is 19.2 Å². The summed E-state index contributed by atoms with van der Waals surface area (Å²) in [5, 5.41) is 13.9. The third-order valence-electron chi connectivity index (χ3n) is 8.38. The molecule has 3 aromatic rings. The second-order valence-electron chi connectivity index (χ2n) is 10.6. The fourth-order valence-electron chi connectivity index (χ4n) is 6.09. The molecule has 1 aliphatic heterocycles. The summed E-state index contributed by atoms with van der Waals surface area (Å²) in [6.45, 7) is 8.15. The Bertz CT molecular complexity index is 1380. The van der Waals surface area contributed by atoms with Crippen LogP contribution in [0, 0.1) is 17.1 Å². The molecule has 3 atom stereocenters. The Morgan fingerprint density at radius 2 is 1.89 bits per heavy atom. The topological polar surface area (TPSA) is 70.1 Å². The molecule has 5 rings (SSSR count). The van der Waals surface area contributed by atoms with Crippen LogP contribution in [0.5, 0.6) is 0 Å². The normalized spacial score (nSPS) is 21.4. The highest BCUT2D eigenvalue weighted by Gasteiger charge is 2.38. The summed E-state index contributed by atoms with van der Waals surface area (Å²) in [5.74, 6) is 0.449. The van der Waals surface area contributed by atoms with E-state index in [4.69, 9.17) is 0 Å². The molecule has 7 nitrogen and oxygen atoms in total. The average molecular weight is 505 g/mol. The fraction of sp³-hybridized carbons (Fsp3) is 0.552. The molecule has 2 aromatic heterocycles. The van der Waals surface area contributed by atoms with Gasteiger partial charge in [-0.15, -0.1) is 0 Å². The molecule has 1 saturated heterocycles. The predicted octanol–water partition coefficient (Wildman–Crippen LogP) is 5.11. The number of rotatable bonds is 8. The molecule has 196 valence electrons. The summed E-state index contributed by atoms with van der Waals surface area (Å²) in [7, 11) is 1.74. The standard InChI is InChI=1S/C29H37FN6O/c1-5-21-17-36(26-15-28(37)33(4)27-18-34(13-12-31)32-29(26)27)22(6-2)16-35(21)25(7-3)23-11-10-20(14-24(23)30)19-8-9-19/h10-11,14-15,18-19,21-22,25H,5-9,13,16-17H2,1-4H3/t21-,22+,25?/m1/s1. The van der Waals surface area contributed by atoms with Crippen LogP contribution >= 0.6 is 0 Å². The number of aromatic nitrogens is 3. The molecule has 0 spiro atoms. The van der Waals surface area contributed by atoms with E-state index >= 15 is 4.39 Å². The molecule has 1 unspecified atom stereocenters. The molecule has 8 heteroatoms. The van der Waals surface area contributed by atoms with Gasteiger partial charge < -0.3 is 9.47 Å². The number of hydrogen-bond donors (Lipinski definition) is 0. The number of hydrogen-bond acceptors (Lipinski definition) is 5. The van der Waals surface area contributed by atoms with Crippen LogP contribution in [0.3, 0.4) is 0 Å². The van der Waals surface area contributed by atoms with Gasteiger partial charge in [-0.05, 0) is 49.7 Å². The van der Waals surface area contributed by atoms with E-state index < -0.39 is 0 Å². The van der Waals surface area contributed by atoms with Gasteiger partial charge in [0.25, 0.3) is 5.56 Å². The van der Waals surface area contributed by atoms with Crippen LogP contribution in [0.4, 0.5) is 10.1 Å². The van der Waals surface area contributed by atoms with Crippen molar-refractivity contribution in [3.63, 3.8) is 0 Å². The Kier molecular flexibility index (Phi) is 7.09. The first-order valence-electron chi connectivity index (χ1n) is 13.7.